The molecule has 3 nitrogen and oxygen atoms in total. The zero-order chi connectivity index (χ0) is 14.7. The number of pyridine rings is 1. The van der Waals surface area contributed by atoms with Gasteiger partial charge in [0.05, 0.1) is 5.52 Å². The highest BCUT2D eigenvalue weighted by molar-refractivity contribution is 6.30. The molecule has 3 rings (SSSR count). The molecule has 0 spiro atoms. The van der Waals surface area contributed by atoms with Crippen LogP contribution in [0, 0.1) is 0 Å². The minimum atomic E-state index is 0.397. The lowest BCUT2D eigenvalue weighted by atomic mass is 10.1. The van der Waals surface area contributed by atoms with Crippen LogP contribution in [-0.4, -0.2) is 4.98 Å². The van der Waals surface area contributed by atoms with Gasteiger partial charge in [0.15, 0.2) is 0 Å². The van der Waals surface area contributed by atoms with E-state index >= 15 is 0 Å². The average Bonchev–Trinajstić information content (AvgIpc) is 2.53. The fraction of sp³-hybridized carbons (Fsp3) is 0.118. The van der Waals surface area contributed by atoms with Crippen LogP contribution in [0.2, 0.25) is 5.02 Å². The van der Waals surface area contributed by atoms with Gasteiger partial charge in [-0.25, -0.2) is 4.98 Å². The molecule has 2 N–H and O–H groups in total. The summed E-state index contributed by atoms with van der Waals surface area (Å²) in [7, 11) is 0. The van der Waals surface area contributed by atoms with Crippen LogP contribution in [0.15, 0.2) is 54.6 Å². The summed E-state index contributed by atoms with van der Waals surface area (Å²) in [6.45, 7) is 0.837. The van der Waals surface area contributed by atoms with Crippen molar-refractivity contribution in [3.05, 3.63) is 70.7 Å². The predicted molar refractivity (Wildman–Crippen MR) is 85.4 cm³/mol. The molecule has 0 unspecified atom stereocenters. The number of ether oxygens (including phenoxy) is 1. The van der Waals surface area contributed by atoms with Crippen molar-refractivity contribution in [1.29, 1.82) is 0 Å². The molecule has 0 atom stereocenters. The Morgan fingerprint density at radius 3 is 2.57 bits per heavy atom. The molecular weight excluding hydrogens is 284 g/mol. The van der Waals surface area contributed by atoms with Gasteiger partial charge < -0.3 is 10.5 Å². The van der Waals surface area contributed by atoms with E-state index in [0.717, 1.165) is 22.0 Å². The molecule has 0 radical (unpaired) electrons. The van der Waals surface area contributed by atoms with Crippen molar-refractivity contribution in [3.8, 4) is 5.88 Å². The number of fused-ring (bicyclic) bond motifs is 1. The van der Waals surface area contributed by atoms with E-state index in [2.05, 4.69) is 4.98 Å². The monoisotopic (exact) mass is 298 g/mol. The number of hydrogen-bond donors (Lipinski definition) is 1. The maximum absolute atomic E-state index is 5.87. The van der Waals surface area contributed by atoms with Gasteiger partial charge in [-0.05, 0) is 29.8 Å². The van der Waals surface area contributed by atoms with Crippen LogP contribution in [-0.2, 0) is 13.2 Å². The van der Waals surface area contributed by atoms with Crippen molar-refractivity contribution < 1.29 is 4.74 Å². The zero-order valence-electron chi connectivity index (χ0n) is 11.4. The summed E-state index contributed by atoms with van der Waals surface area (Å²) in [5, 5.41) is 1.78. The second-order valence-electron chi connectivity index (χ2n) is 4.76. The molecular formula is C17H15ClN2O. The van der Waals surface area contributed by atoms with E-state index in [1.165, 1.54) is 0 Å². The Balaban J connectivity index is 1.86. The maximum atomic E-state index is 5.87. The number of para-hydroxylation sites is 1. The normalized spacial score (nSPS) is 10.8. The van der Waals surface area contributed by atoms with Gasteiger partial charge in [-0.3, -0.25) is 0 Å². The van der Waals surface area contributed by atoms with Crippen molar-refractivity contribution in [2.24, 2.45) is 5.73 Å². The molecule has 0 aliphatic rings. The predicted octanol–water partition coefficient (Wildman–Crippen LogP) is 3.93. The van der Waals surface area contributed by atoms with E-state index in [4.69, 9.17) is 22.1 Å². The standard InChI is InChI=1S/C17H15ClN2O/c18-15-7-5-12(6-8-15)11-21-17-14(10-19)9-13-3-1-2-4-16(13)20-17/h1-9H,10-11,19H2. The quantitative estimate of drug-likeness (QED) is 0.794. The second kappa shape index (κ2) is 6.12. The Morgan fingerprint density at radius 2 is 1.81 bits per heavy atom. The number of hydrogen-bond acceptors (Lipinski definition) is 3. The zero-order valence-corrected chi connectivity index (χ0v) is 12.2. The van der Waals surface area contributed by atoms with Gasteiger partial charge in [-0.2, -0.15) is 0 Å². The van der Waals surface area contributed by atoms with Crippen LogP contribution in [0.4, 0.5) is 0 Å². The van der Waals surface area contributed by atoms with Crippen LogP contribution >= 0.6 is 11.6 Å². The minimum absolute atomic E-state index is 0.397. The molecule has 0 fully saturated rings. The van der Waals surface area contributed by atoms with Gasteiger partial charge in [0.25, 0.3) is 0 Å². The third-order valence-corrected chi connectivity index (χ3v) is 3.52. The smallest absolute Gasteiger partial charge is 0.218 e. The lowest BCUT2D eigenvalue weighted by molar-refractivity contribution is 0.291. The summed E-state index contributed by atoms with van der Waals surface area (Å²) in [6.07, 6.45) is 0. The Morgan fingerprint density at radius 1 is 1.05 bits per heavy atom. The van der Waals surface area contributed by atoms with Gasteiger partial charge in [0, 0.05) is 22.5 Å². The van der Waals surface area contributed by atoms with E-state index in [-0.39, 0.29) is 0 Å². The first-order valence-corrected chi connectivity index (χ1v) is 7.10. The average molecular weight is 299 g/mol. The Hall–Kier alpha value is -2.10. The van der Waals surface area contributed by atoms with E-state index in [1.807, 2.05) is 54.6 Å². The van der Waals surface area contributed by atoms with Crippen molar-refractivity contribution >= 4 is 22.5 Å². The highest BCUT2D eigenvalue weighted by Gasteiger charge is 2.07. The molecule has 1 aromatic heterocycles. The number of aromatic nitrogens is 1. The van der Waals surface area contributed by atoms with Gasteiger partial charge in [0.1, 0.15) is 6.61 Å². The number of benzene rings is 2. The Bertz CT molecular complexity index is 756. The summed E-state index contributed by atoms with van der Waals surface area (Å²) in [4.78, 5) is 4.55. The molecule has 0 saturated carbocycles. The first kappa shape index (κ1) is 13.9. The lowest BCUT2D eigenvalue weighted by Crippen LogP contribution is -2.05. The van der Waals surface area contributed by atoms with Crippen LogP contribution in [0.25, 0.3) is 10.9 Å². The molecule has 0 aliphatic heterocycles. The topological polar surface area (TPSA) is 48.1 Å². The van der Waals surface area contributed by atoms with Crippen molar-refractivity contribution in [3.63, 3.8) is 0 Å². The third-order valence-electron chi connectivity index (χ3n) is 3.27. The second-order valence-corrected chi connectivity index (χ2v) is 5.20. The Kier molecular flexibility index (Phi) is 4.04. The molecule has 0 amide bonds. The SMILES string of the molecule is NCc1cc2ccccc2nc1OCc1ccc(Cl)cc1. The number of rotatable bonds is 4. The van der Waals surface area contributed by atoms with Crippen molar-refractivity contribution in [1.82, 2.24) is 4.98 Å². The summed E-state index contributed by atoms with van der Waals surface area (Å²) < 4.78 is 5.83. The van der Waals surface area contributed by atoms with Gasteiger partial charge in [0.2, 0.25) is 5.88 Å². The fourth-order valence-electron chi connectivity index (χ4n) is 2.15. The van der Waals surface area contributed by atoms with Gasteiger partial charge in [-0.15, -0.1) is 0 Å². The molecule has 0 saturated heterocycles. The highest BCUT2D eigenvalue weighted by atomic mass is 35.5. The first-order chi connectivity index (χ1) is 10.3. The van der Waals surface area contributed by atoms with Gasteiger partial charge >= 0.3 is 0 Å². The summed E-state index contributed by atoms with van der Waals surface area (Å²) in [5.74, 6) is 0.589. The van der Waals surface area contributed by atoms with E-state index in [0.29, 0.717) is 24.1 Å². The van der Waals surface area contributed by atoms with Crippen molar-refractivity contribution in [2.75, 3.05) is 0 Å². The number of halogens is 1. The lowest BCUT2D eigenvalue weighted by Gasteiger charge is -2.11. The summed E-state index contributed by atoms with van der Waals surface area (Å²) >= 11 is 5.87. The molecule has 1 heterocycles. The molecule has 3 aromatic rings. The molecule has 21 heavy (non-hydrogen) atoms. The van der Waals surface area contributed by atoms with Crippen LogP contribution in [0.5, 0.6) is 5.88 Å². The third kappa shape index (κ3) is 3.15. The summed E-state index contributed by atoms with van der Waals surface area (Å²) in [6, 6.07) is 17.5. The number of nitrogens with zero attached hydrogens (tertiary/aromatic N) is 1. The molecule has 0 bridgehead atoms. The van der Waals surface area contributed by atoms with Crippen LogP contribution in [0.3, 0.4) is 0 Å². The van der Waals surface area contributed by atoms with Crippen LogP contribution in [0.1, 0.15) is 11.1 Å². The van der Waals surface area contributed by atoms with E-state index in [9.17, 15) is 0 Å². The number of nitrogens with two attached hydrogens (primary N) is 1. The van der Waals surface area contributed by atoms with Crippen LogP contribution < -0.4 is 10.5 Å². The first-order valence-electron chi connectivity index (χ1n) is 6.72. The van der Waals surface area contributed by atoms with Crippen molar-refractivity contribution in [2.45, 2.75) is 13.2 Å². The van der Waals surface area contributed by atoms with E-state index in [1.54, 1.807) is 0 Å². The molecule has 2 aromatic carbocycles. The van der Waals surface area contributed by atoms with E-state index < -0.39 is 0 Å². The molecule has 106 valence electrons. The maximum Gasteiger partial charge on any atom is 0.218 e. The van der Waals surface area contributed by atoms with Gasteiger partial charge in [-0.1, -0.05) is 41.9 Å². The highest BCUT2D eigenvalue weighted by Crippen LogP contribution is 2.23. The largest absolute Gasteiger partial charge is 0.473 e. The summed E-state index contributed by atoms with van der Waals surface area (Å²) in [5.41, 5.74) is 8.64. The fourth-order valence-corrected chi connectivity index (χ4v) is 2.27. The minimum Gasteiger partial charge on any atom is -0.473 e. The molecule has 4 heteroatoms. The Labute approximate surface area is 128 Å². The molecule has 0 aliphatic carbocycles.